The summed E-state index contributed by atoms with van der Waals surface area (Å²) in [6.07, 6.45) is 7.32. The standard InChI is InChI=1S/C40H55NO8/c1-36(2)25-39(19-21-49-36,26-8-6-5-7-9-26)18-20-41-33(45)12-13-34(46)48-24-32(44)40(47)17-15-30-29-11-10-27-22-28(42)14-16-37(27,3)35(29)31(43)23-38(30,40)4/h5-9,22,29-31,35,43,47H,10-21,23-25H2,1-4H3,(H,41,45)/t29-,30+,31+,35-,37-,38-,39-,40-/m1/s1. The number of nitrogens with one attached hydrogen (secondary N) is 1. The van der Waals surface area contributed by atoms with Crippen LogP contribution in [0.25, 0.3) is 0 Å². The van der Waals surface area contributed by atoms with Crippen molar-refractivity contribution in [2.24, 2.45) is 28.6 Å². The van der Waals surface area contributed by atoms with E-state index in [-0.39, 0.29) is 71.6 Å². The maximum atomic E-state index is 13.6. The fourth-order valence-corrected chi connectivity index (χ4v) is 11.1. The number of hydrogen-bond donors (Lipinski definition) is 3. The van der Waals surface area contributed by atoms with Crippen LogP contribution in [0.3, 0.4) is 0 Å². The zero-order chi connectivity index (χ0) is 35.2. The van der Waals surface area contributed by atoms with Gasteiger partial charge in [0.2, 0.25) is 11.7 Å². The van der Waals surface area contributed by atoms with Gasteiger partial charge in [-0.05, 0) is 106 Å². The van der Waals surface area contributed by atoms with Crippen LogP contribution in [-0.2, 0) is 34.1 Å². The van der Waals surface area contributed by atoms with Crippen molar-refractivity contribution in [3.8, 4) is 0 Å². The molecule has 3 saturated carbocycles. The van der Waals surface area contributed by atoms with Gasteiger partial charge in [0, 0.05) is 36.8 Å². The fourth-order valence-electron chi connectivity index (χ4n) is 11.1. The number of allylic oxidation sites excluding steroid dienone is 1. The molecule has 1 aromatic rings. The third-order valence-corrected chi connectivity index (χ3v) is 13.6. The van der Waals surface area contributed by atoms with Crippen molar-refractivity contribution in [2.45, 2.75) is 127 Å². The zero-order valence-corrected chi connectivity index (χ0v) is 29.7. The molecule has 8 atom stereocenters. The molecular formula is C40H55NO8. The second kappa shape index (κ2) is 13.3. The zero-order valence-electron chi connectivity index (χ0n) is 29.7. The Kier molecular flexibility index (Phi) is 9.79. The van der Waals surface area contributed by atoms with Crippen LogP contribution in [0.2, 0.25) is 0 Å². The van der Waals surface area contributed by atoms with Crippen molar-refractivity contribution in [3.63, 3.8) is 0 Å². The summed E-state index contributed by atoms with van der Waals surface area (Å²) in [5.74, 6) is -1.15. The molecule has 0 unspecified atom stereocenters. The summed E-state index contributed by atoms with van der Waals surface area (Å²) in [5.41, 5.74) is -0.833. The van der Waals surface area contributed by atoms with E-state index in [0.717, 1.165) is 44.1 Å². The normalized spacial score (nSPS) is 38.0. The van der Waals surface area contributed by atoms with E-state index in [2.05, 4.69) is 38.2 Å². The van der Waals surface area contributed by atoms with E-state index in [1.54, 1.807) is 6.08 Å². The van der Waals surface area contributed by atoms with Crippen molar-refractivity contribution in [3.05, 3.63) is 47.5 Å². The number of rotatable bonds is 10. The van der Waals surface area contributed by atoms with Crippen LogP contribution in [0, 0.1) is 28.6 Å². The molecule has 268 valence electrons. The summed E-state index contributed by atoms with van der Waals surface area (Å²) in [7, 11) is 0. The van der Waals surface area contributed by atoms with E-state index >= 15 is 0 Å². The molecule has 1 aromatic carbocycles. The van der Waals surface area contributed by atoms with Crippen molar-refractivity contribution in [2.75, 3.05) is 19.8 Å². The fraction of sp³-hybridized carbons (Fsp3) is 0.700. The highest BCUT2D eigenvalue weighted by Crippen LogP contribution is 2.67. The van der Waals surface area contributed by atoms with Gasteiger partial charge in [0.15, 0.2) is 12.4 Å². The first-order chi connectivity index (χ1) is 23.1. The second-order valence-electron chi connectivity index (χ2n) is 16.8. The predicted molar refractivity (Wildman–Crippen MR) is 183 cm³/mol. The van der Waals surface area contributed by atoms with Gasteiger partial charge in [-0.1, -0.05) is 49.8 Å². The predicted octanol–water partition coefficient (Wildman–Crippen LogP) is 5.15. The number of benzene rings is 1. The van der Waals surface area contributed by atoms with Gasteiger partial charge in [-0.2, -0.15) is 0 Å². The maximum absolute atomic E-state index is 13.6. The molecule has 6 rings (SSSR count). The van der Waals surface area contributed by atoms with E-state index in [1.807, 2.05) is 25.1 Å². The summed E-state index contributed by atoms with van der Waals surface area (Å²) < 4.78 is 11.3. The number of ketones is 2. The van der Waals surface area contributed by atoms with Gasteiger partial charge >= 0.3 is 5.97 Å². The number of aliphatic hydroxyl groups excluding tert-OH is 1. The molecule has 49 heavy (non-hydrogen) atoms. The third-order valence-electron chi connectivity index (χ3n) is 13.6. The van der Waals surface area contributed by atoms with Gasteiger partial charge in [-0.15, -0.1) is 0 Å². The Balaban J connectivity index is 0.999. The number of ether oxygens (including phenoxy) is 2. The molecule has 1 aliphatic heterocycles. The summed E-state index contributed by atoms with van der Waals surface area (Å²) >= 11 is 0. The number of carbonyl (C=O) groups excluding carboxylic acids is 4. The maximum Gasteiger partial charge on any atom is 0.306 e. The van der Waals surface area contributed by atoms with Crippen molar-refractivity contribution >= 4 is 23.4 Å². The minimum absolute atomic E-state index is 0.0208. The number of esters is 1. The SMILES string of the molecule is CC1(C)C[C@](CCNC(=O)CCC(=O)OCC(=O)[C@]2(O)CC[C@H]3[C@H]4CCC5=CC(=O)CC[C@@]5(C)[C@H]4[C@@H](O)C[C@]32C)(c2ccccc2)CCO1. The lowest BCUT2D eigenvalue weighted by atomic mass is 9.45. The van der Waals surface area contributed by atoms with Gasteiger partial charge in [0.1, 0.15) is 5.60 Å². The number of carbonyl (C=O) groups is 4. The average molecular weight is 678 g/mol. The van der Waals surface area contributed by atoms with Crippen LogP contribution in [0.1, 0.15) is 110 Å². The Bertz CT molecular complexity index is 1490. The lowest BCUT2D eigenvalue weighted by Gasteiger charge is -2.60. The molecule has 9 nitrogen and oxygen atoms in total. The van der Waals surface area contributed by atoms with Crippen molar-refractivity contribution in [1.29, 1.82) is 0 Å². The highest BCUT2D eigenvalue weighted by atomic mass is 16.5. The molecule has 1 heterocycles. The second-order valence-corrected chi connectivity index (χ2v) is 16.8. The molecule has 0 radical (unpaired) electrons. The van der Waals surface area contributed by atoms with Crippen LogP contribution in [0.5, 0.6) is 0 Å². The summed E-state index contributed by atoms with van der Waals surface area (Å²) in [5, 5.41) is 26.5. The van der Waals surface area contributed by atoms with Gasteiger partial charge in [-0.3, -0.25) is 19.2 Å². The van der Waals surface area contributed by atoms with Crippen LogP contribution < -0.4 is 5.32 Å². The number of hydrogen-bond acceptors (Lipinski definition) is 8. The first-order valence-corrected chi connectivity index (χ1v) is 18.4. The highest BCUT2D eigenvalue weighted by molar-refractivity contribution is 5.92. The van der Waals surface area contributed by atoms with E-state index < -0.39 is 35.5 Å². The van der Waals surface area contributed by atoms with Crippen LogP contribution in [0.4, 0.5) is 0 Å². The summed E-state index contributed by atoms with van der Waals surface area (Å²) in [6.45, 7) is 8.84. The lowest BCUT2D eigenvalue weighted by molar-refractivity contribution is -0.184. The first kappa shape index (κ1) is 35.9. The monoisotopic (exact) mass is 677 g/mol. The van der Waals surface area contributed by atoms with Crippen LogP contribution >= 0.6 is 0 Å². The number of Topliss-reactive ketones (excluding diaryl/α,β-unsaturated/α-hetero) is 1. The Hall–Kier alpha value is -2.88. The molecular weight excluding hydrogens is 622 g/mol. The lowest BCUT2D eigenvalue weighted by Crippen LogP contribution is -2.62. The van der Waals surface area contributed by atoms with Gasteiger partial charge in [-0.25, -0.2) is 0 Å². The van der Waals surface area contributed by atoms with Crippen LogP contribution in [-0.4, -0.2) is 70.7 Å². The van der Waals surface area contributed by atoms with E-state index in [1.165, 1.54) is 5.56 Å². The minimum Gasteiger partial charge on any atom is -0.458 e. The van der Waals surface area contributed by atoms with Crippen molar-refractivity contribution < 1.29 is 38.9 Å². The van der Waals surface area contributed by atoms with E-state index in [0.29, 0.717) is 26.0 Å². The molecule has 1 saturated heterocycles. The summed E-state index contributed by atoms with van der Waals surface area (Å²) in [6, 6.07) is 10.4. The van der Waals surface area contributed by atoms with Gasteiger partial charge < -0.3 is 25.0 Å². The molecule has 4 fully saturated rings. The number of aliphatic hydroxyl groups is 2. The number of amides is 1. The third kappa shape index (κ3) is 6.56. The van der Waals surface area contributed by atoms with Gasteiger partial charge in [0.25, 0.3) is 0 Å². The molecule has 3 N–H and O–H groups in total. The Morgan fingerprint density at radius 1 is 1.00 bits per heavy atom. The Labute approximate surface area is 290 Å². The van der Waals surface area contributed by atoms with Crippen LogP contribution in [0.15, 0.2) is 42.0 Å². The van der Waals surface area contributed by atoms with Crippen molar-refractivity contribution in [1.82, 2.24) is 5.32 Å². The van der Waals surface area contributed by atoms with Gasteiger partial charge in [0.05, 0.1) is 18.1 Å². The Morgan fingerprint density at radius 3 is 2.49 bits per heavy atom. The largest absolute Gasteiger partial charge is 0.458 e. The summed E-state index contributed by atoms with van der Waals surface area (Å²) in [4.78, 5) is 51.2. The average Bonchev–Trinajstić information content (AvgIpc) is 3.33. The number of fused-ring (bicyclic) bond motifs is 5. The minimum atomic E-state index is -1.71. The molecule has 1 amide bonds. The molecule has 0 aromatic heterocycles. The molecule has 0 spiro atoms. The molecule has 0 bridgehead atoms. The molecule has 9 heteroatoms. The molecule has 4 aliphatic carbocycles. The van der Waals surface area contributed by atoms with E-state index in [9.17, 15) is 29.4 Å². The topological polar surface area (TPSA) is 139 Å². The van der Waals surface area contributed by atoms with E-state index in [4.69, 9.17) is 9.47 Å². The highest BCUT2D eigenvalue weighted by Gasteiger charge is 2.68. The molecule has 5 aliphatic rings. The first-order valence-electron chi connectivity index (χ1n) is 18.4. The Morgan fingerprint density at radius 2 is 1.76 bits per heavy atom. The quantitative estimate of drug-likeness (QED) is 0.289. The smallest absolute Gasteiger partial charge is 0.306 e.